The maximum atomic E-state index is 3.38. The van der Waals surface area contributed by atoms with Gasteiger partial charge < -0.3 is 10.6 Å². The lowest BCUT2D eigenvalue weighted by molar-refractivity contribution is 0.644. The standard InChI is InChI=1S/C11H24N2/c1-3-8-12-10-6-5-7-11-13-9-4-2/h6,10,12-13H,3-5,7-9,11H2,1-2H3. The van der Waals surface area contributed by atoms with Crippen molar-refractivity contribution in [2.45, 2.75) is 39.5 Å². The summed E-state index contributed by atoms with van der Waals surface area (Å²) in [7, 11) is 0. The summed E-state index contributed by atoms with van der Waals surface area (Å²) in [4.78, 5) is 0. The van der Waals surface area contributed by atoms with E-state index in [0.29, 0.717) is 0 Å². The van der Waals surface area contributed by atoms with Gasteiger partial charge in [0.15, 0.2) is 0 Å². The Kier molecular flexibility index (Phi) is 11.1. The van der Waals surface area contributed by atoms with E-state index in [0.717, 1.165) is 19.6 Å². The summed E-state index contributed by atoms with van der Waals surface area (Å²) in [6.07, 6.45) is 9.13. The fraction of sp³-hybridized carbons (Fsp3) is 0.818. The first kappa shape index (κ1) is 12.5. The highest BCUT2D eigenvalue weighted by Gasteiger charge is 1.83. The molecule has 0 heterocycles. The van der Waals surface area contributed by atoms with Gasteiger partial charge in [-0.05, 0) is 45.0 Å². The molecule has 13 heavy (non-hydrogen) atoms. The fourth-order valence-electron chi connectivity index (χ4n) is 1.04. The smallest absolute Gasteiger partial charge is 0.0138 e. The molecule has 0 aliphatic heterocycles. The van der Waals surface area contributed by atoms with Gasteiger partial charge in [0.1, 0.15) is 0 Å². The largest absolute Gasteiger partial charge is 0.391 e. The Bertz CT molecular complexity index is 111. The molecule has 0 atom stereocenters. The van der Waals surface area contributed by atoms with E-state index in [-0.39, 0.29) is 0 Å². The summed E-state index contributed by atoms with van der Waals surface area (Å²) in [6, 6.07) is 0. The Balaban J connectivity index is 2.93. The van der Waals surface area contributed by atoms with Gasteiger partial charge in [-0.3, -0.25) is 0 Å². The molecule has 0 fully saturated rings. The topological polar surface area (TPSA) is 24.1 Å². The van der Waals surface area contributed by atoms with Gasteiger partial charge in [0, 0.05) is 6.54 Å². The lowest BCUT2D eigenvalue weighted by atomic mass is 10.3. The Morgan fingerprint density at radius 1 is 1.00 bits per heavy atom. The minimum Gasteiger partial charge on any atom is -0.391 e. The van der Waals surface area contributed by atoms with E-state index in [9.17, 15) is 0 Å². The van der Waals surface area contributed by atoms with Gasteiger partial charge in [0.25, 0.3) is 0 Å². The van der Waals surface area contributed by atoms with E-state index < -0.39 is 0 Å². The average Bonchev–Trinajstić information content (AvgIpc) is 2.16. The van der Waals surface area contributed by atoms with Crippen molar-refractivity contribution in [2.75, 3.05) is 19.6 Å². The van der Waals surface area contributed by atoms with Gasteiger partial charge in [0.2, 0.25) is 0 Å². The summed E-state index contributed by atoms with van der Waals surface area (Å²) >= 11 is 0. The van der Waals surface area contributed by atoms with Crippen LogP contribution in [-0.2, 0) is 0 Å². The monoisotopic (exact) mass is 184 g/mol. The molecule has 2 heteroatoms. The minimum atomic E-state index is 1.09. The maximum Gasteiger partial charge on any atom is 0.0138 e. The van der Waals surface area contributed by atoms with Crippen molar-refractivity contribution in [2.24, 2.45) is 0 Å². The van der Waals surface area contributed by atoms with Crippen molar-refractivity contribution in [3.63, 3.8) is 0 Å². The van der Waals surface area contributed by atoms with Crippen molar-refractivity contribution in [1.29, 1.82) is 0 Å². The van der Waals surface area contributed by atoms with Gasteiger partial charge in [-0.25, -0.2) is 0 Å². The van der Waals surface area contributed by atoms with Crippen LogP contribution in [0.15, 0.2) is 12.3 Å². The fourth-order valence-corrected chi connectivity index (χ4v) is 1.04. The molecule has 0 bridgehead atoms. The van der Waals surface area contributed by atoms with Crippen molar-refractivity contribution in [3.8, 4) is 0 Å². The molecule has 0 spiro atoms. The molecule has 0 aliphatic rings. The zero-order valence-corrected chi connectivity index (χ0v) is 9.10. The lowest BCUT2D eigenvalue weighted by Crippen LogP contribution is -2.15. The van der Waals surface area contributed by atoms with Crippen molar-refractivity contribution < 1.29 is 0 Å². The van der Waals surface area contributed by atoms with Crippen LogP contribution in [0.2, 0.25) is 0 Å². The van der Waals surface area contributed by atoms with Crippen LogP contribution in [0.3, 0.4) is 0 Å². The second-order valence-electron chi connectivity index (χ2n) is 3.25. The maximum absolute atomic E-state index is 3.38. The van der Waals surface area contributed by atoms with Crippen LogP contribution < -0.4 is 10.6 Å². The summed E-state index contributed by atoms with van der Waals surface area (Å²) in [6.45, 7) is 7.76. The van der Waals surface area contributed by atoms with Crippen LogP contribution in [0.4, 0.5) is 0 Å². The number of hydrogen-bond acceptors (Lipinski definition) is 2. The van der Waals surface area contributed by atoms with E-state index in [2.05, 4.69) is 36.8 Å². The molecule has 0 saturated heterocycles. The third-order valence-electron chi connectivity index (χ3n) is 1.78. The predicted molar refractivity (Wildman–Crippen MR) is 59.8 cm³/mol. The third kappa shape index (κ3) is 11.5. The molecule has 0 aromatic heterocycles. The molecule has 0 radical (unpaired) electrons. The Morgan fingerprint density at radius 3 is 2.46 bits per heavy atom. The molecule has 0 aromatic carbocycles. The van der Waals surface area contributed by atoms with Crippen molar-refractivity contribution >= 4 is 0 Å². The molecular weight excluding hydrogens is 160 g/mol. The Labute approximate surface area is 82.8 Å². The number of rotatable bonds is 9. The molecule has 0 amide bonds. The van der Waals surface area contributed by atoms with Crippen LogP contribution in [0, 0.1) is 0 Å². The van der Waals surface area contributed by atoms with Crippen molar-refractivity contribution in [3.05, 3.63) is 12.3 Å². The molecular formula is C11H24N2. The zero-order valence-electron chi connectivity index (χ0n) is 9.10. The van der Waals surface area contributed by atoms with Gasteiger partial charge in [-0.1, -0.05) is 19.9 Å². The predicted octanol–water partition coefficient (Wildman–Crippen LogP) is 2.28. The lowest BCUT2D eigenvalue weighted by Gasteiger charge is -2.00. The summed E-state index contributed by atoms with van der Waals surface area (Å²) < 4.78 is 0. The van der Waals surface area contributed by atoms with E-state index in [4.69, 9.17) is 0 Å². The van der Waals surface area contributed by atoms with Crippen LogP contribution in [0.1, 0.15) is 39.5 Å². The van der Waals surface area contributed by atoms with Crippen LogP contribution >= 0.6 is 0 Å². The Morgan fingerprint density at radius 2 is 1.77 bits per heavy atom. The highest BCUT2D eigenvalue weighted by Crippen LogP contribution is 1.88. The van der Waals surface area contributed by atoms with Crippen LogP contribution in [0.25, 0.3) is 0 Å². The van der Waals surface area contributed by atoms with Crippen LogP contribution in [0.5, 0.6) is 0 Å². The number of allylic oxidation sites excluding steroid dienone is 1. The normalized spacial score (nSPS) is 10.9. The highest BCUT2D eigenvalue weighted by atomic mass is 14.8. The second-order valence-corrected chi connectivity index (χ2v) is 3.25. The Hall–Kier alpha value is -0.500. The van der Waals surface area contributed by atoms with Gasteiger partial charge in [-0.15, -0.1) is 0 Å². The second kappa shape index (κ2) is 11.5. The molecule has 0 saturated carbocycles. The van der Waals surface area contributed by atoms with E-state index in [1.807, 2.05) is 0 Å². The van der Waals surface area contributed by atoms with Crippen LogP contribution in [-0.4, -0.2) is 19.6 Å². The molecule has 0 rings (SSSR count). The first-order valence-corrected chi connectivity index (χ1v) is 5.51. The molecule has 0 aliphatic carbocycles. The minimum absolute atomic E-state index is 1.09. The van der Waals surface area contributed by atoms with Gasteiger partial charge in [-0.2, -0.15) is 0 Å². The molecule has 2 N–H and O–H groups in total. The number of hydrogen-bond donors (Lipinski definition) is 2. The molecule has 2 nitrogen and oxygen atoms in total. The van der Waals surface area contributed by atoms with Crippen molar-refractivity contribution in [1.82, 2.24) is 10.6 Å². The molecule has 78 valence electrons. The van der Waals surface area contributed by atoms with E-state index in [1.54, 1.807) is 0 Å². The number of nitrogens with one attached hydrogen (secondary N) is 2. The third-order valence-corrected chi connectivity index (χ3v) is 1.78. The summed E-state index contributed by atoms with van der Waals surface area (Å²) in [5.74, 6) is 0. The average molecular weight is 184 g/mol. The van der Waals surface area contributed by atoms with E-state index in [1.165, 1.54) is 25.7 Å². The van der Waals surface area contributed by atoms with Gasteiger partial charge >= 0.3 is 0 Å². The van der Waals surface area contributed by atoms with Gasteiger partial charge in [0.05, 0.1) is 0 Å². The quantitative estimate of drug-likeness (QED) is 0.537. The summed E-state index contributed by atoms with van der Waals surface area (Å²) in [5, 5.41) is 6.62. The molecule has 0 aromatic rings. The first-order valence-electron chi connectivity index (χ1n) is 5.51. The summed E-state index contributed by atoms with van der Waals surface area (Å²) in [5.41, 5.74) is 0. The zero-order chi connectivity index (χ0) is 9.78. The SMILES string of the molecule is CCCNC=CCCCNCCC. The highest BCUT2D eigenvalue weighted by molar-refractivity contribution is 4.79. The number of unbranched alkanes of at least 4 members (excludes halogenated alkanes) is 1. The molecule has 0 unspecified atom stereocenters. The van der Waals surface area contributed by atoms with E-state index >= 15 is 0 Å². The first-order chi connectivity index (χ1) is 6.41.